The Kier molecular flexibility index (Phi) is 5.05. The molecule has 1 aromatic heterocycles. The Hall–Kier alpha value is -3.59. The van der Waals surface area contributed by atoms with Crippen LogP contribution in [-0.4, -0.2) is 57.8 Å². The predicted molar refractivity (Wildman–Crippen MR) is 102 cm³/mol. The van der Waals surface area contributed by atoms with Gasteiger partial charge in [-0.1, -0.05) is 6.07 Å². The predicted octanol–water partition coefficient (Wildman–Crippen LogP) is 1.60. The lowest BCUT2D eigenvalue weighted by atomic mass is 10.0. The highest BCUT2D eigenvalue weighted by atomic mass is 16.6. The van der Waals surface area contributed by atoms with E-state index in [1.165, 1.54) is 29.2 Å². The van der Waals surface area contributed by atoms with Crippen molar-refractivity contribution < 1.29 is 19.2 Å². The maximum atomic E-state index is 13.2. The molecule has 2 aliphatic rings. The SMILES string of the molecule is O=C1C(c2ccc([N+](=O)[O-])cc2)=C(N2CCOCC2)C(=O)N1Cc1ccccn1. The van der Waals surface area contributed by atoms with Gasteiger partial charge in [0.15, 0.2) is 0 Å². The maximum Gasteiger partial charge on any atom is 0.278 e. The van der Waals surface area contributed by atoms with E-state index in [-0.39, 0.29) is 17.8 Å². The number of amides is 2. The fourth-order valence-electron chi connectivity index (χ4n) is 3.45. The number of carbonyl (C=O) groups is 2. The lowest BCUT2D eigenvalue weighted by Gasteiger charge is -2.29. The first-order chi connectivity index (χ1) is 14.1. The summed E-state index contributed by atoms with van der Waals surface area (Å²) < 4.78 is 5.37. The number of morpholine rings is 1. The van der Waals surface area contributed by atoms with Gasteiger partial charge in [-0.15, -0.1) is 0 Å². The molecule has 0 aliphatic carbocycles. The van der Waals surface area contributed by atoms with Crippen LogP contribution < -0.4 is 0 Å². The van der Waals surface area contributed by atoms with Gasteiger partial charge in [0.25, 0.3) is 17.5 Å². The second-order valence-corrected chi connectivity index (χ2v) is 6.64. The van der Waals surface area contributed by atoms with Gasteiger partial charge in [0.05, 0.1) is 35.9 Å². The van der Waals surface area contributed by atoms with E-state index < -0.39 is 16.7 Å². The minimum atomic E-state index is -0.504. The second kappa shape index (κ2) is 7.80. The number of pyridine rings is 1. The Bertz CT molecular complexity index is 982. The first-order valence-corrected chi connectivity index (χ1v) is 9.14. The molecule has 2 aromatic rings. The van der Waals surface area contributed by atoms with E-state index in [9.17, 15) is 19.7 Å². The number of hydrogen-bond acceptors (Lipinski definition) is 7. The normalized spacial score (nSPS) is 17.2. The number of imide groups is 1. The number of nitro benzene ring substituents is 1. The Morgan fingerprint density at radius 1 is 1.03 bits per heavy atom. The molecule has 0 bridgehead atoms. The molecular formula is C20H18N4O5. The third-order valence-electron chi connectivity index (χ3n) is 4.88. The van der Waals surface area contributed by atoms with Crippen LogP contribution in [0.5, 0.6) is 0 Å². The number of nitrogens with zero attached hydrogens (tertiary/aromatic N) is 4. The number of carbonyl (C=O) groups excluding carboxylic acids is 2. The minimum absolute atomic E-state index is 0.0584. The average molecular weight is 394 g/mol. The van der Waals surface area contributed by atoms with Crippen LogP contribution in [0.15, 0.2) is 54.4 Å². The summed E-state index contributed by atoms with van der Waals surface area (Å²) in [6.07, 6.45) is 1.61. The summed E-state index contributed by atoms with van der Waals surface area (Å²) in [4.78, 5) is 44.1. The van der Waals surface area contributed by atoms with Crippen molar-refractivity contribution in [1.82, 2.24) is 14.8 Å². The van der Waals surface area contributed by atoms with Crippen LogP contribution in [0.3, 0.4) is 0 Å². The van der Waals surface area contributed by atoms with Crippen molar-refractivity contribution in [1.29, 1.82) is 0 Å². The highest BCUT2D eigenvalue weighted by Crippen LogP contribution is 2.33. The van der Waals surface area contributed by atoms with Gasteiger partial charge in [-0.2, -0.15) is 0 Å². The van der Waals surface area contributed by atoms with Gasteiger partial charge in [-0.05, 0) is 29.8 Å². The quantitative estimate of drug-likeness (QED) is 0.431. The van der Waals surface area contributed by atoms with Crippen LogP contribution in [0.4, 0.5) is 5.69 Å². The molecule has 0 N–H and O–H groups in total. The van der Waals surface area contributed by atoms with Crippen LogP contribution in [-0.2, 0) is 20.9 Å². The molecule has 2 aliphatic heterocycles. The Balaban J connectivity index is 1.73. The Labute approximate surface area is 166 Å². The largest absolute Gasteiger partial charge is 0.378 e. The highest BCUT2D eigenvalue weighted by Gasteiger charge is 2.42. The molecule has 29 heavy (non-hydrogen) atoms. The van der Waals surface area contributed by atoms with Gasteiger partial charge >= 0.3 is 0 Å². The molecule has 148 valence electrons. The van der Waals surface area contributed by atoms with Crippen molar-refractivity contribution in [2.24, 2.45) is 0 Å². The summed E-state index contributed by atoms with van der Waals surface area (Å²) in [6, 6.07) is 11.0. The topological polar surface area (TPSA) is 106 Å². The zero-order valence-electron chi connectivity index (χ0n) is 15.5. The summed E-state index contributed by atoms with van der Waals surface area (Å²) in [5, 5.41) is 11.0. The van der Waals surface area contributed by atoms with Gasteiger partial charge in [0, 0.05) is 31.4 Å². The molecule has 2 amide bonds. The van der Waals surface area contributed by atoms with Gasteiger partial charge in [-0.25, -0.2) is 0 Å². The van der Waals surface area contributed by atoms with E-state index in [2.05, 4.69) is 4.98 Å². The number of hydrogen-bond donors (Lipinski definition) is 0. The molecular weight excluding hydrogens is 376 g/mol. The third-order valence-corrected chi connectivity index (χ3v) is 4.88. The standard InChI is InChI=1S/C20H18N4O5/c25-19-17(14-4-6-16(7-5-14)24(27)28)18(22-9-11-29-12-10-22)20(26)23(19)13-15-3-1-2-8-21-15/h1-8H,9-13H2. The van der Waals surface area contributed by atoms with Gasteiger partial charge in [0.1, 0.15) is 5.70 Å². The van der Waals surface area contributed by atoms with E-state index >= 15 is 0 Å². The molecule has 9 heteroatoms. The summed E-state index contributed by atoms with van der Waals surface area (Å²) in [5.74, 6) is -0.827. The minimum Gasteiger partial charge on any atom is -0.378 e. The number of nitro groups is 1. The maximum absolute atomic E-state index is 13.2. The van der Waals surface area contributed by atoms with E-state index in [1.54, 1.807) is 24.4 Å². The van der Waals surface area contributed by atoms with E-state index in [4.69, 9.17) is 4.74 Å². The number of benzene rings is 1. The molecule has 0 unspecified atom stereocenters. The van der Waals surface area contributed by atoms with Crippen molar-refractivity contribution in [2.75, 3.05) is 26.3 Å². The fraction of sp³-hybridized carbons (Fsp3) is 0.250. The highest BCUT2D eigenvalue weighted by molar-refractivity contribution is 6.35. The summed E-state index contributed by atoms with van der Waals surface area (Å²) in [7, 11) is 0. The molecule has 0 radical (unpaired) electrons. The van der Waals surface area contributed by atoms with Crippen LogP contribution >= 0.6 is 0 Å². The molecule has 4 rings (SSSR count). The zero-order chi connectivity index (χ0) is 20.4. The number of non-ortho nitro benzene ring substituents is 1. The fourth-order valence-corrected chi connectivity index (χ4v) is 3.45. The summed E-state index contributed by atoms with van der Waals surface area (Å²) in [6.45, 7) is 1.95. The third kappa shape index (κ3) is 3.59. The van der Waals surface area contributed by atoms with Crippen molar-refractivity contribution in [3.8, 4) is 0 Å². The van der Waals surface area contributed by atoms with Gasteiger partial charge in [-0.3, -0.25) is 29.6 Å². The number of aromatic nitrogens is 1. The second-order valence-electron chi connectivity index (χ2n) is 6.64. The molecule has 9 nitrogen and oxygen atoms in total. The molecule has 0 atom stereocenters. The molecule has 0 saturated carbocycles. The van der Waals surface area contributed by atoms with Crippen LogP contribution in [0.25, 0.3) is 5.57 Å². The zero-order valence-corrected chi connectivity index (χ0v) is 15.5. The summed E-state index contributed by atoms with van der Waals surface area (Å²) >= 11 is 0. The van der Waals surface area contributed by atoms with Gasteiger partial charge < -0.3 is 9.64 Å². The van der Waals surface area contributed by atoms with Crippen molar-refractivity contribution in [3.05, 3.63) is 75.7 Å². The van der Waals surface area contributed by atoms with Crippen molar-refractivity contribution >= 4 is 23.1 Å². The van der Waals surface area contributed by atoms with Crippen molar-refractivity contribution in [3.63, 3.8) is 0 Å². The first kappa shape index (κ1) is 18.8. The Morgan fingerprint density at radius 3 is 2.38 bits per heavy atom. The monoisotopic (exact) mass is 394 g/mol. The lowest BCUT2D eigenvalue weighted by molar-refractivity contribution is -0.384. The van der Waals surface area contributed by atoms with Crippen LogP contribution in [0.1, 0.15) is 11.3 Å². The number of ether oxygens (including phenoxy) is 1. The lowest BCUT2D eigenvalue weighted by Crippen LogP contribution is -2.40. The van der Waals surface area contributed by atoms with Crippen LogP contribution in [0.2, 0.25) is 0 Å². The average Bonchev–Trinajstić information content (AvgIpc) is 3.00. The first-order valence-electron chi connectivity index (χ1n) is 9.14. The number of rotatable bonds is 5. The Morgan fingerprint density at radius 2 is 1.76 bits per heavy atom. The van der Waals surface area contributed by atoms with E-state index in [0.29, 0.717) is 43.3 Å². The van der Waals surface area contributed by atoms with Crippen LogP contribution in [0, 0.1) is 10.1 Å². The molecule has 0 spiro atoms. The van der Waals surface area contributed by atoms with E-state index in [0.717, 1.165) is 0 Å². The molecule has 1 saturated heterocycles. The summed E-state index contributed by atoms with van der Waals surface area (Å²) in [5.41, 5.74) is 1.55. The molecule has 1 aromatic carbocycles. The smallest absolute Gasteiger partial charge is 0.278 e. The molecule has 3 heterocycles. The van der Waals surface area contributed by atoms with Gasteiger partial charge in [0.2, 0.25) is 0 Å². The van der Waals surface area contributed by atoms with E-state index in [1.807, 2.05) is 4.90 Å². The molecule has 1 fully saturated rings. The van der Waals surface area contributed by atoms with Crippen molar-refractivity contribution in [2.45, 2.75) is 6.54 Å².